The van der Waals surface area contributed by atoms with Crippen LogP contribution in [0.2, 0.25) is 0 Å². The van der Waals surface area contributed by atoms with Gasteiger partial charge < -0.3 is 5.32 Å². The quantitative estimate of drug-likeness (QED) is 0.755. The normalized spacial score (nSPS) is 11.0. The number of amides is 1. The topological polar surface area (TPSA) is 44.4 Å². The summed E-state index contributed by atoms with van der Waals surface area (Å²) in [6, 6.07) is 7.90. The monoisotopic (exact) mass is 249 g/mol. The minimum absolute atomic E-state index is 0.0162. The molecule has 0 aromatic heterocycles. The molecule has 0 aliphatic heterocycles. The summed E-state index contributed by atoms with van der Waals surface area (Å²) >= 11 is 0. The van der Waals surface area contributed by atoms with Gasteiger partial charge in [-0.3, -0.25) is 10.2 Å². The fourth-order valence-corrected chi connectivity index (χ4v) is 1.68. The molecule has 1 aromatic rings. The maximum atomic E-state index is 11.8. The Labute approximate surface area is 109 Å². The molecule has 1 rings (SSSR count). The summed E-state index contributed by atoms with van der Waals surface area (Å²) in [7, 11) is 1.91. The van der Waals surface area contributed by atoms with Crippen LogP contribution in [0, 0.1) is 0 Å². The molecule has 0 fully saturated rings. The zero-order valence-corrected chi connectivity index (χ0v) is 11.7. The molecule has 0 heterocycles. The van der Waals surface area contributed by atoms with Crippen LogP contribution in [-0.2, 0) is 6.54 Å². The lowest BCUT2D eigenvalue weighted by Gasteiger charge is -2.18. The van der Waals surface area contributed by atoms with Crippen LogP contribution in [0.1, 0.15) is 36.7 Å². The van der Waals surface area contributed by atoms with E-state index in [1.165, 1.54) is 5.56 Å². The van der Waals surface area contributed by atoms with E-state index in [4.69, 9.17) is 0 Å². The van der Waals surface area contributed by atoms with E-state index in [0.717, 1.165) is 13.1 Å². The molecule has 0 aliphatic carbocycles. The lowest BCUT2D eigenvalue weighted by Crippen LogP contribution is -2.34. The third-order valence-corrected chi connectivity index (χ3v) is 2.71. The number of carbonyl (C=O) groups is 1. The molecule has 0 unspecified atom stereocenters. The van der Waals surface area contributed by atoms with Crippen LogP contribution < -0.4 is 10.7 Å². The average molecular weight is 249 g/mol. The second kappa shape index (κ2) is 7.13. The van der Waals surface area contributed by atoms with Gasteiger partial charge >= 0.3 is 0 Å². The molecule has 0 radical (unpaired) electrons. The van der Waals surface area contributed by atoms with E-state index in [9.17, 15) is 4.79 Å². The van der Waals surface area contributed by atoms with Gasteiger partial charge in [-0.25, -0.2) is 5.01 Å². The van der Waals surface area contributed by atoms with Crippen molar-refractivity contribution in [3.63, 3.8) is 0 Å². The number of hydrogen-bond donors (Lipinski definition) is 2. The van der Waals surface area contributed by atoms with Crippen LogP contribution in [0.3, 0.4) is 0 Å². The van der Waals surface area contributed by atoms with Crippen LogP contribution in [0.25, 0.3) is 0 Å². The summed E-state index contributed by atoms with van der Waals surface area (Å²) in [4.78, 5) is 11.8. The van der Waals surface area contributed by atoms with Gasteiger partial charge in [-0.1, -0.05) is 19.1 Å². The van der Waals surface area contributed by atoms with E-state index >= 15 is 0 Å². The van der Waals surface area contributed by atoms with E-state index in [0.29, 0.717) is 5.56 Å². The predicted octanol–water partition coefficient (Wildman–Crippen LogP) is 1.78. The molecule has 100 valence electrons. The summed E-state index contributed by atoms with van der Waals surface area (Å²) < 4.78 is 0. The highest BCUT2D eigenvalue weighted by Crippen LogP contribution is 2.07. The average Bonchev–Trinajstić information content (AvgIpc) is 2.35. The Morgan fingerprint density at radius 3 is 2.33 bits per heavy atom. The second-order valence-electron chi connectivity index (χ2n) is 4.56. The van der Waals surface area contributed by atoms with E-state index in [1.54, 1.807) is 0 Å². The predicted molar refractivity (Wildman–Crippen MR) is 74.2 cm³/mol. The number of nitrogens with zero attached hydrogens (tertiary/aromatic N) is 1. The fraction of sp³-hybridized carbons (Fsp3) is 0.500. The van der Waals surface area contributed by atoms with Gasteiger partial charge in [0.1, 0.15) is 0 Å². The Hall–Kier alpha value is -1.39. The van der Waals surface area contributed by atoms with Crippen LogP contribution >= 0.6 is 0 Å². The molecular formula is C14H23N3O. The van der Waals surface area contributed by atoms with Crippen molar-refractivity contribution in [1.82, 2.24) is 15.8 Å². The summed E-state index contributed by atoms with van der Waals surface area (Å²) in [6.45, 7) is 7.78. The number of hydrogen-bond acceptors (Lipinski definition) is 3. The van der Waals surface area contributed by atoms with Gasteiger partial charge in [-0.15, -0.1) is 0 Å². The van der Waals surface area contributed by atoms with Crippen LogP contribution in [0.15, 0.2) is 24.3 Å². The van der Waals surface area contributed by atoms with Crippen molar-refractivity contribution in [2.24, 2.45) is 0 Å². The van der Waals surface area contributed by atoms with Crippen LogP contribution in [0.4, 0.5) is 0 Å². The summed E-state index contributed by atoms with van der Waals surface area (Å²) in [5.41, 5.74) is 5.01. The summed E-state index contributed by atoms with van der Waals surface area (Å²) in [5, 5.41) is 4.98. The molecule has 1 aromatic carbocycles. The minimum atomic E-state index is -0.0162. The first-order valence-corrected chi connectivity index (χ1v) is 6.39. The van der Waals surface area contributed by atoms with Crippen LogP contribution in [-0.4, -0.2) is 30.6 Å². The standard InChI is InChI=1S/C14H23N3O/c1-5-17(15-4)10-12-6-8-13(9-7-12)14(18)16-11(2)3/h6-9,11,15H,5,10H2,1-4H3,(H,16,18). The Morgan fingerprint density at radius 1 is 1.28 bits per heavy atom. The van der Waals surface area contributed by atoms with Gasteiger partial charge in [0, 0.05) is 24.7 Å². The lowest BCUT2D eigenvalue weighted by atomic mass is 10.1. The van der Waals surface area contributed by atoms with E-state index < -0.39 is 0 Å². The molecule has 1 amide bonds. The number of rotatable bonds is 6. The summed E-state index contributed by atoms with van der Waals surface area (Å²) in [6.07, 6.45) is 0. The molecular weight excluding hydrogens is 226 g/mol. The van der Waals surface area contributed by atoms with Gasteiger partial charge in [-0.2, -0.15) is 0 Å². The number of carbonyl (C=O) groups excluding carboxylic acids is 1. The van der Waals surface area contributed by atoms with Gasteiger partial charge in [0.15, 0.2) is 0 Å². The van der Waals surface area contributed by atoms with Crippen molar-refractivity contribution in [3.05, 3.63) is 35.4 Å². The highest BCUT2D eigenvalue weighted by Gasteiger charge is 2.07. The molecule has 0 bridgehead atoms. The van der Waals surface area contributed by atoms with Crippen LogP contribution in [0.5, 0.6) is 0 Å². The van der Waals surface area contributed by atoms with Crippen molar-refractivity contribution < 1.29 is 4.79 Å². The molecule has 0 saturated heterocycles. The van der Waals surface area contributed by atoms with Gasteiger partial charge in [-0.05, 0) is 38.6 Å². The van der Waals surface area contributed by atoms with Crippen molar-refractivity contribution >= 4 is 5.91 Å². The number of nitrogens with one attached hydrogen (secondary N) is 2. The van der Waals surface area contributed by atoms with Crippen molar-refractivity contribution in [2.45, 2.75) is 33.4 Å². The molecule has 4 nitrogen and oxygen atoms in total. The highest BCUT2D eigenvalue weighted by molar-refractivity contribution is 5.94. The van der Waals surface area contributed by atoms with Gasteiger partial charge in [0.2, 0.25) is 0 Å². The lowest BCUT2D eigenvalue weighted by molar-refractivity contribution is 0.0943. The Bertz CT molecular complexity index is 369. The zero-order chi connectivity index (χ0) is 13.5. The zero-order valence-electron chi connectivity index (χ0n) is 11.7. The molecule has 0 atom stereocenters. The Kier molecular flexibility index (Phi) is 5.82. The van der Waals surface area contributed by atoms with E-state index in [-0.39, 0.29) is 11.9 Å². The summed E-state index contributed by atoms with van der Waals surface area (Å²) in [5.74, 6) is -0.0162. The molecule has 4 heteroatoms. The fourth-order valence-electron chi connectivity index (χ4n) is 1.68. The van der Waals surface area contributed by atoms with Gasteiger partial charge in [0.25, 0.3) is 5.91 Å². The first kappa shape index (κ1) is 14.7. The van der Waals surface area contributed by atoms with Gasteiger partial charge in [0.05, 0.1) is 0 Å². The molecule has 0 aliphatic rings. The third kappa shape index (κ3) is 4.47. The first-order valence-electron chi connectivity index (χ1n) is 6.39. The van der Waals surface area contributed by atoms with Crippen molar-refractivity contribution in [3.8, 4) is 0 Å². The maximum absolute atomic E-state index is 11.8. The van der Waals surface area contributed by atoms with Crippen molar-refractivity contribution in [2.75, 3.05) is 13.6 Å². The first-order chi connectivity index (χ1) is 8.56. The molecule has 2 N–H and O–H groups in total. The highest BCUT2D eigenvalue weighted by atomic mass is 16.1. The van der Waals surface area contributed by atoms with Crippen molar-refractivity contribution in [1.29, 1.82) is 0 Å². The maximum Gasteiger partial charge on any atom is 0.251 e. The molecule has 0 saturated carbocycles. The van der Waals surface area contributed by atoms with E-state index in [2.05, 4.69) is 22.7 Å². The Morgan fingerprint density at radius 2 is 1.89 bits per heavy atom. The third-order valence-electron chi connectivity index (χ3n) is 2.71. The number of hydrazine groups is 1. The largest absolute Gasteiger partial charge is 0.350 e. The van der Waals surface area contributed by atoms with E-state index in [1.807, 2.05) is 45.2 Å². The molecule has 0 spiro atoms. The molecule has 18 heavy (non-hydrogen) atoms. The SMILES string of the molecule is CCN(Cc1ccc(C(=O)NC(C)C)cc1)NC. The second-order valence-corrected chi connectivity index (χ2v) is 4.56. The Balaban J connectivity index is 2.65. The number of benzene rings is 1. The minimum Gasteiger partial charge on any atom is -0.350 e. The smallest absolute Gasteiger partial charge is 0.251 e.